The van der Waals surface area contributed by atoms with Gasteiger partial charge in [0.2, 0.25) is 0 Å². The Morgan fingerprint density at radius 3 is 2.36 bits per heavy atom. The topological polar surface area (TPSA) is 12.0 Å². The molecule has 0 aliphatic carbocycles. The van der Waals surface area contributed by atoms with Crippen molar-refractivity contribution in [2.75, 3.05) is 13.1 Å². The average Bonchev–Trinajstić information content (AvgIpc) is 2.08. The first kappa shape index (κ1) is 13.7. The third kappa shape index (κ3) is 11.7. The van der Waals surface area contributed by atoms with Crippen LogP contribution in [-0.2, 0) is 0 Å². The molecule has 0 spiro atoms. The highest BCUT2D eigenvalue weighted by Crippen LogP contribution is 2.01. The summed E-state index contributed by atoms with van der Waals surface area (Å²) in [6.07, 6.45) is 8.37. The molecule has 0 aliphatic heterocycles. The summed E-state index contributed by atoms with van der Waals surface area (Å²) in [6.45, 7) is 11.3. The molecular weight excluding hydrogens is 170 g/mol. The molecule has 0 heterocycles. The second-order valence-corrected chi connectivity index (χ2v) is 4.75. The smallest absolute Gasteiger partial charge is 0.00143 e. The first-order valence-electron chi connectivity index (χ1n) is 6.00. The van der Waals surface area contributed by atoms with Gasteiger partial charge >= 0.3 is 0 Å². The minimum absolute atomic E-state index is 0.691. The lowest BCUT2D eigenvalue weighted by Gasteiger charge is -2.05. The fourth-order valence-electron chi connectivity index (χ4n) is 1.31. The van der Waals surface area contributed by atoms with Crippen LogP contribution in [0.1, 0.15) is 47.0 Å². The normalized spacial score (nSPS) is 12.1. The Morgan fingerprint density at radius 2 is 1.79 bits per heavy atom. The van der Waals surface area contributed by atoms with Crippen molar-refractivity contribution in [2.24, 2.45) is 11.8 Å². The van der Waals surface area contributed by atoms with Gasteiger partial charge in [-0.1, -0.05) is 39.8 Å². The van der Waals surface area contributed by atoms with Crippen LogP contribution >= 0.6 is 0 Å². The lowest BCUT2D eigenvalue weighted by atomic mass is 10.1. The Labute approximate surface area is 90.0 Å². The maximum Gasteiger partial charge on any atom is -0.00143 e. The van der Waals surface area contributed by atoms with E-state index in [1.165, 1.54) is 25.8 Å². The molecule has 0 aliphatic rings. The first-order valence-corrected chi connectivity index (χ1v) is 6.00. The van der Waals surface area contributed by atoms with Gasteiger partial charge in [0.15, 0.2) is 0 Å². The molecule has 84 valence electrons. The van der Waals surface area contributed by atoms with Crippen LogP contribution in [0.25, 0.3) is 0 Å². The predicted molar refractivity (Wildman–Crippen MR) is 65.5 cm³/mol. The highest BCUT2D eigenvalue weighted by atomic mass is 14.8. The second kappa shape index (κ2) is 9.26. The van der Waals surface area contributed by atoms with Crippen LogP contribution in [0.15, 0.2) is 12.2 Å². The largest absolute Gasteiger partial charge is 0.316 e. The number of allylic oxidation sites excluding steroid dienone is 1. The van der Waals surface area contributed by atoms with Crippen LogP contribution in [0.5, 0.6) is 0 Å². The summed E-state index contributed by atoms with van der Waals surface area (Å²) in [5, 5.41) is 3.46. The molecule has 0 saturated carbocycles. The fraction of sp³-hybridized carbons (Fsp3) is 0.846. The third-order valence-electron chi connectivity index (χ3n) is 2.14. The molecule has 0 aromatic rings. The van der Waals surface area contributed by atoms with Gasteiger partial charge in [0.05, 0.1) is 0 Å². The SMILES string of the molecule is CC(C)/C=C/CCNCCCC(C)C. The molecule has 14 heavy (non-hydrogen) atoms. The lowest BCUT2D eigenvalue weighted by molar-refractivity contribution is 0.529. The molecule has 0 amide bonds. The zero-order chi connectivity index (χ0) is 10.8. The zero-order valence-corrected chi connectivity index (χ0v) is 10.3. The highest BCUT2D eigenvalue weighted by Gasteiger charge is 1.92. The van der Waals surface area contributed by atoms with E-state index in [2.05, 4.69) is 45.2 Å². The van der Waals surface area contributed by atoms with Gasteiger partial charge in [-0.25, -0.2) is 0 Å². The van der Waals surface area contributed by atoms with E-state index in [9.17, 15) is 0 Å². The van der Waals surface area contributed by atoms with Crippen molar-refractivity contribution in [3.05, 3.63) is 12.2 Å². The minimum atomic E-state index is 0.691. The predicted octanol–water partition coefficient (Wildman–Crippen LogP) is 3.61. The summed E-state index contributed by atoms with van der Waals surface area (Å²) in [7, 11) is 0. The molecule has 0 aromatic carbocycles. The Kier molecular flexibility index (Phi) is 9.06. The Hall–Kier alpha value is -0.300. The molecule has 0 saturated heterocycles. The summed E-state index contributed by atoms with van der Waals surface area (Å²) in [5.41, 5.74) is 0. The van der Waals surface area contributed by atoms with Gasteiger partial charge in [0.1, 0.15) is 0 Å². The molecule has 0 bridgehead atoms. The van der Waals surface area contributed by atoms with Gasteiger partial charge in [-0.3, -0.25) is 0 Å². The number of hydrogen-bond donors (Lipinski definition) is 1. The summed E-state index contributed by atoms with van der Waals surface area (Å²) in [4.78, 5) is 0. The van der Waals surface area contributed by atoms with Crippen molar-refractivity contribution >= 4 is 0 Å². The van der Waals surface area contributed by atoms with Crippen molar-refractivity contribution in [3.8, 4) is 0 Å². The van der Waals surface area contributed by atoms with E-state index in [4.69, 9.17) is 0 Å². The Balaban J connectivity index is 3.06. The second-order valence-electron chi connectivity index (χ2n) is 4.75. The van der Waals surface area contributed by atoms with E-state index >= 15 is 0 Å². The van der Waals surface area contributed by atoms with Gasteiger partial charge in [-0.05, 0) is 44.2 Å². The van der Waals surface area contributed by atoms with E-state index in [0.29, 0.717) is 5.92 Å². The van der Waals surface area contributed by atoms with Crippen molar-refractivity contribution in [1.29, 1.82) is 0 Å². The monoisotopic (exact) mass is 197 g/mol. The Morgan fingerprint density at radius 1 is 1.07 bits per heavy atom. The minimum Gasteiger partial charge on any atom is -0.316 e. The molecular formula is C13H27N. The maximum atomic E-state index is 3.46. The lowest BCUT2D eigenvalue weighted by Crippen LogP contribution is -2.16. The van der Waals surface area contributed by atoms with Crippen LogP contribution in [0.3, 0.4) is 0 Å². The van der Waals surface area contributed by atoms with Crippen LogP contribution in [0.2, 0.25) is 0 Å². The quantitative estimate of drug-likeness (QED) is 0.463. The molecule has 0 fully saturated rings. The van der Waals surface area contributed by atoms with Crippen LogP contribution in [-0.4, -0.2) is 13.1 Å². The van der Waals surface area contributed by atoms with E-state index in [1.54, 1.807) is 0 Å². The van der Waals surface area contributed by atoms with E-state index in [0.717, 1.165) is 12.5 Å². The highest BCUT2D eigenvalue weighted by molar-refractivity contribution is 4.84. The molecule has 0 radical (unpaired) electrons. The molecule has 1 N–H and O–H groups in total. The summed E-state index contributed by atoms with van der Waals surface area (Å²) < 4.78 is 0. The van der Waals surface area contributed by atoms with Crippen LogP contribution < -0.4 is 5.32 Å². The van der Waals surface area contributed by atoms with Gasteiger partial charge < -0.3 is 5.32 Å². The standard InChI is InChI=1S/C13H27N/c1-12(2)8-5-6-10-14-11-7-9-13(3)4/h5,8,12-14H,6-7,9-11H2,1-4H3/b8-5+. The van der Waals surface area contributed by atoms with Crippen molar-refractivity contribution in [2.45, 2.75) is 47.0 Å². The summed E-state index contributed by atoms with van der Waals surface area (Å²) in [6, 6.07) is 0. The molecule has 0 unspecified atom stereocenters. The molecule has 1 nitrogen and oxygen atoms in total. The third-order valence-corrected chi connectivity index (χ3v) is 2.14. The zero-order valence-electron chi connectivity index (χ0n) is 10.3. The molecule has 0 aromatic heterocycles. The fourth-order valence-corrected chi connectivity index (χ4v) is 1.31. The van der Waals surface area contributed by atoms with Gasteiger partial charge in [0, 0.05) is 0 Å². The summed E-state index contributed by atoms with van der Waals surface area (Å²) >= 11 is 0. The van der Waals surface area contributed by atoms with Crippen molar-refractivity contribution in [3.63, 3.8) is 0 Å². The van der Waals surface area contributed by atoms with E-state index in [1.807, 2.05) is 0 Å². The Bertz CT molecular complexity index is 136. The summed E-state index contributed by atoms with van der Waals surface area (Å²) in [5.74, 6) is 1.54. The maximum absolute atomic E-state index is 3.46. The number of hydrogen-bond acceptors (Lipinski definition) is 1. The van der Waals surface area contributed by atoms with Crippen LogP contribution in [0.4, 0.5) is 0 Å². The van der Waals surface area contributed by atoms with Crippen LogP contribution in [0, 0.1) is 11.8 Å². The van der Waals surface area contributed by atoms with Crippen molar-refractivity contribution < 1.29 is 0 Å². The molecule has 0 atom stereocenters. The number of rotatable bonds is 8. The van der Waals surface area contributed by atoms with E-state index < -0.39 is 0 Å². The molecule has 1 heteroatoms. The van der Waals surface area contributed by atoms with Crippen molar-refractivity contribution in [1.82, 2.24) is 5.32 Å². The van der Waals surface area contributed by atoms with Gasteiger partial charge in [0.25, 0.3) is 0 Å². The van der Waals surface area contributed by atoms with Gasteiger partial charge in [-0.2, -0.15) is 0 Å². The van der Waals surface area contributed by atoms with E-state index in [-0.39, 0.29) is 0 Å². The number of nitrogens with one attached hydrogen (secondary N) is 1. The first-order chi connectivity index (χ1) is 6.63. The van der Waals surface area contributed by atoms with Gasteiger partial charge in [-0.15, -0.1) is 0 Å². The average molecular weight is 197 g/mol. The molecule has 0 rings (SSSR count).